The minimum atomic E-state index is -0.218. The number of nitrogens with zero attached hydrogens (tertiary/aromatic N) is 2. The van der Waals surface area contributed by atoms with E-state index in [9.17, 15) is 4.39 Å². The minimum absolute atomic E-state index is 0. The Morgan fingerprint density at radius 2 is 1.96 bits per heavy atom. The molecule has 7 heteroatoms. The van der Waals surface area contributed by atoms with Crippen molar-refractivity contribution in [3.63, 3.8) is 0 Å². The van der Waals surface area contributed by atoms with Crippen LogP contribution >= 0.6 is 24.0 Å². The van der Waals surface area contributed by atoms with Gasteiger partial charge in [0.25, 0.3) is 0 Å². The normalized spacial score (nSPS) is 10.7. The molecule has 130 valence electrons. The van der Waals surface area contributed by atoms with Gasteiger partial charge < -0.3 is 15.4 Å². The van der Waals surface area contributed by atoms with E-state index in [4.69, 9.17) is 4.74 Å². The summed E-state index contributed by atoms with van der Waals surface area (Å²) in [6.07, 6.45) is 2.48. The van der Waals surface area contributed by atoms with Crippen molar-refractivity contribution >= 4 is 29.9 Å². The Balaban J connectivity index is 0.00000288. The average Bonchev–Trinajstić information content (AvgIpc) is 2.59. The van der Waals surface area contributed by atoms with Crippen molar-refractivity contribution in [1.29, 1.82) is 0 Å². The van der Waals surface area contributed by atoms with Crippen LogP contribution in [0.15, 0.2) is 47.6 Å². The fourth-order valence-electron chi connectivity index (χ4n) is 2.12. The number of nitrogens with one attached hydrogen (secondary N) is 2. The van der Waals surface area contributed by atoms with Crippen molar-refractivity contribution < 1.29 is 9.13 Å². The number of pyridine rings is 1. The van der Waals surface area contributed by atoms with Crippen molar-refractivity contribution in [2.45, 2.75) is 13.0 Å². The first-order valence-corrected chi connectivity index (χ1v) is 7.39. The maximum absolute atomic E-state index is 12.9. The number of halogens is 2. The van der Waals surface area contributed by atoms with Gasteiger partial charge in [-0.05, 0) is 30.2 Å². The summed E-state index contributed by atoms with van der Waals surface area (Å²) < 4.78 is 18.1. The van der Waals surface area contributed by atoms with Gasteiger partial charge in [0.15, 0.2) is 5.96 Å². The molecule has 0 aliphatic carbocycles. The first-order chi connectivity index (χ1) is 11.2. The Labute approximate surface area is 158 Å². The van der Waals surface area contributed by atoms with E-state index in [0.717, 1.165) is 17.5 Å². The summed E-state index contributed by atoms with van der Waals surface area (Å²) in [6, 6.07) is 10.3. The summed E-state index contributed by atoms with van der Waals surface area (Å²) >= 11 is 0. The summed E-state index contributed by atoms with van der Waals surface area (Å²) in [5.74, 6) is 1.07. The molecule has 0 saturated carbocycles. The second-order valence-corrected chi connectivity index (χ2v) is 4.90. The van der Waals surface area contributed by atoms with Gasteiger partial charge in [-0.15, -0.1) is 24.0 Å². The van der Waals surface area contributed by atoms with Crippen LogP contribution in [0.3, 0.4) is 0 Å². The zero-order valence-electron chi connectivity index (χ0n) is 13.8. The van der Waals surface area contributed by atoms with Gasteiger partial charge in [-0.25, -0.2) is 9.37 Å². The molecule has 0 fully saturated rings. The van der Waals surface area contributed by atoms with Crippen molar-refractivity contribution in [2.24, 2.45) is 4.99 Å². The SMILES string of the molecule is CN=C(NCCc1ccc(F)cc1)NCc1cccnc1OC.I. The van der Waals surface area contributed by atoms with Crippen LogP contribution < -0.4 is 15.4 Å². The van der Waals surface area contributed by atoms with Gasteiger partial charge in [0.2, 0.25) is 5.88 Å². The lowest BCUT2D eigenvalue weighted by atomic mass is 10.1. The van der Waals surface area contributed by atoms with Crippen LogP contribution in [0.5, 0.6) is 5.88 Å². The predicted molar refractivity (Wildman–Crippen MR) is 105 cm³/mol. The molecular formula is C17H22FIN4O. The number of methoxy groups -OCH3 is 1. The molecule has 1 aromatic heterocycles. The smallest absolute Gasteiger partial charge is 0.218 e. The molecule has 24 heavy (non-hydrogen) atoms. The summed E-state index contributed by atoms with van der Waals surface area (Å²) in [6.45, 7) is 1.27. The second kappa shape index (κ2) is 10.8. The first kappa shape index (κ1) is 20.1. The molecule has 1 aromatic carbocycles. The molecule has 0 unspecified atom stereocenters. The average molecular weight is 444 g/mol. The topological polar surface area (TPSA) is 58.5 Å². The Kier molecular flexibility index (Phi) is 9.06. The molecule has 1 heterocycles. The number of ether oxygens (including phenoxy) is 1. The van der Waals surface area contributed by atoms with Gasteiger partial charge in [-0.2, -0.15) is 0 Å². The van der Waals surface area contributed by atoms with Gasteiger partial charge in [-0.1, -0.05) is 18.2 Å². The number of hydrogen-bond acceptors (Lipinski definition) is 3. The maximum atomic E-state index is 12.9. The van der Waals surface area contributed by atoms with Gasteiger partial charge in [0, 0.05) is 31.9 Å². The first-order valence-electron chi connectivity index (χ1n) is 7.39. The Bertz CT molecular complexity index is 649. The standard InChI is InChI=1S/C17H21FN4O.HI/c1-19-17(21-11-9-13-5-7-15(18)8-6-13)22-12-14-4-3-10-20-16(14)23-2;/h3-8,10H,9,11-12H2,1-2H3,(H2,19,21,22);1H. The van der Waals surface area contributed by atoms with Crippen LogP contribution in [0.4, 0.5) is 4.39 Å². The zero-order chi connectivity index (χ0) is 16.5. The maximum Gasteiger partial charge on any atom is 0.218 e. The summed E-state index contributed by atoms with van der Waals surface area (Å²) in [5, 5.41) is 6.44. The molecule has 0 bridgehead atoms. The molecule has 2 N–H and O–H groups in total. The fraction of sp³-hybridized carbons (Fsp3) is 0.294. The second-order valence-electron chi connectivity index (χ2n) is 4.90. The van der Waals surface area contributed by atoms with Gasteiger partial charge >= 0.3 is 0 Å². The molecule has 0 atom stereocenters. The third-order valence-corrected chi connectivity index (χ3v) is 3.33. The minimum Gasteiger partial charge on any atom is -0.481 e. The third-order valence-electron chi connectivity index (χ3n) is 3.33. The lowest BCUT2D eigenvalue weighted by Gasteiger charge is -2.13. The van der Waals surface area contributed by atoms with E-state index in [1.165, 1.54) is 12.1 Å². The predicted octanol–water partition coefficient (Wildman–Crippen LogP) is 2.76. The van der Waals surface area contributed by atoms with E-state index in [1.807, 2.05) is 12.1 Å². The van der Waals surface area contributed by atoms with E-state index >= 15 is 0 Å². The Hall–Kier alpha value is -1.90. The summed E-state index contributed by atoms with van der Waals surface area (Å²) in [4.78, 5) is 8.33. The van der Waals surface area contributed by atoms with E-state index in [0.29, 0.717) is 24.9 Å². The van der Waals surface area contributed by atoms with Crippen LogP contribution in [-0.2, 0) is 13.0 Å². The van der Waals surface area contributed by atoms with E-state index in [1.54, 1.807) is 32.5 Å². The zero-order valence-corrected chi connectivity index (χ0v) is 16.1. The van der Waals surface area contributed by atoms with E-state index in [2.05, 4.69) is 20.6 Å². The van der Waals surface area contributed by atoms with Crippen molar-refractivity contribution in [3.8, 4) is 5.88 Å². The van der Waals surface area contributed by atoms with E-state index in [-0.39, 0.29) is 29.8 Å². The van der Waals surface area contributed by atoms with Crippen LogP contribution in [0.1, 0.15) is 11.1 Å². The number of guanidine groups is 1. The van der Waals surface area contributed by atoms with Gasteiger partial charge in [0.1, 0.15) is 5.82 Å². The molecule has 0 aliphatic heterocycles. The Morgan fingerprint density at radius 1 is 1.21 bits per heavy atom. The number of aromatic nitrogens is 1. The molecular weight excluding hydrogens is 422 g/mol. The number of hydrogen-bond donors (Lipinski definition) is 2. The monoisotopic (exact) mass is 444 g/mol. The number of benzene rings is 1. The van der Waals surface area contributed by atoms with Gasteiger partial charge in [-0.3, -0.25) is 4.99 Å². The van der Waals surface area contributed by atoms with E-state index < -0.39 is 0 Å². The molecule has 0 saturated heterocycles. The molecule has 0 radical (unpaired) electrons. The molecule has 0 amide bonds. The third kappa shape index (κ3) is 6.31. The van der Waals surface area contributed by atoms with Crippen LogP contribution in [0.25, 0.3) is 0 Å². The van der Waals surface area contributed by atoms with Crippen molar-refractivity contribution in [3.05, 3.63) is 59.5 Å². The molecule has 0 aliphatic rings. The van der Waals surface area contributed by atoms with Crippen LogP contribution in [0, 0.1) is 5.82 Å². The lowest BCUT2D eigenvalue weighted by molar-refractivity contribution is 0.392. The highest BCUT2D eigenvalue weighted by molar-refractivity contribution is 14.0. The summed E-state index contributed by atoms with van der Waals surface area (Å²) in [5.41, 5.74) is 2.03. The van der Waals surface area contributed by atoms with Crippen LogP contribution in [-0.4, -0.2) is 31.6 Å². The van der Waals surface area contributed by atoms with Crippen molar-refractivity contribution in [1.82, 2.24) is 15.6 Å². The highest BCUT2D eigenvalue weighted by Gasteiger charge is 2.04. The highest BCUT2D eigenvalue weighted by atomic mass is 127. The van der Waals surface area contributed by atoms with Crippen LogP contribution in [0.2, 0.25) is 0 Å². The summed E-state index contributed by atoms with van der Waals surface area (Å²) in [7, 11) is 3.31. The molecule has 2 rings (SSSR count). The molecule has 5 nitrogen and oxygen atoms in total. The molecule has 0 spiro atoms. The highest BCUT2D eigenvalue weighted by Crippen LogP contribution is 2.12. The fourth-order valence-corrected chi connectivity index (χ4v) is 2.12. The molecule has 2 aromatic rings. The largest absolute Gasteiger partial charge is 0.481 e. The van der Waals surface area contributed by atoms with Crippen molar-refractivity contribution in [2.75, 3.05) is 20.7 Å². The Morgan fingerprint density at radius 3 is 2.62 bits per heavy atom. The number of rotatable bonds is 6. The van der Waals surface area contributed by atoms with Gasteiger partial charge in [0.05, 0.1) is 7.11 Å². The lowest BCUT2D eigenvalue weighted by Crippen LogP contribution is -2.37. The number of aliphatic imine (C=N–C) groups is 1. The quantitative estimate of drug-likeness (QED) is 0.409.